The van der Waals surface area contributed by atoms with Crippen LogP contribution in [0.2, 0.25) is 0 Å². The van der Waals surface area contributed by atoms with E-state index in [1.807, 2.05) is 24.5 Å². The number of nitrogens with zero attached hydrogens (tertiary/aromatic N) is 3. The third-order valence-electron chi connectivity index (χ3n) is 5.69. The smallest absolute Gasteiger partial charge is 0.208 e. The molecule has 6 nitrogen and oxygen atoms in total. The van der Waals surface area contributed by atoms with Gasteiger partial charge in [0, 0.05) is 18.9 Å². The highest BCUT2D eigenvalue weighted by Crippen LogP contribution is 2.42. The lowest BCUT2D eigenvalue weighted by atomic mass is 9.88. The van der Waals surface area contributed by atoms with Crippen molar-refractivity contribution in [2.45, 2.75) is 58.0 Å². The van der Waals surface area contributed by atoms with Crippen LogP contribution in [0.5, 0.6) is 0 Å². The number of piperidine rings is 1. The zero-order chi connectivity index (χ0) is 20.9. The molecule has 0 spiro atoms. The third-order valence-corrected chi connectivity index (χ3v) is 6.42. The molecule has 3 rings (SSSR count). The Balaban J connectivity index is 1.81. The van der Waals surface area contributed by atoms with Gasteiger partial charge >= 0.3 is 0 Å². The minimum Gasteiger partial charge on any atom is -0.286 e. The van der Waals surface area contributed by atoms with Crippen molar-refractivity contribution in [1.82, 2.24) is 19.6 Å². The number of aromatic nitrogens is 2. The van der Waals surface area contributed by atoms with Gasteiger partial charge in [0.2, 0.25) is 10.0 Å². The summed E-state index contributed by atoms with van der Waals surface area (Å²) in [4.78, 5) is 12.0. The molecule has 1 aliphatic rings. The second-order valence-corrected chi connectivity index (χ2v) is 9.82. The molecule has 7 heteroatoms. The number of nitrogens with one attached hydrogen (secondary N) is 1. The highest BCUT2D eigenvalue weighted by Gasteiger charge is 2.34. The largest absolute Gasteiger partial charge is 0.286 e. The van der Waals surface area contributed by atoms with Gasteiger partial charge in [0.25, 0.3) is 0 Å². The van der Waals surface area contributed by atoms with Crippen LogP contribution in [0.1, 0.15) is 66.7 Å². The van der Waals surface area contributed by atoms with Crippen molar-refractivity contribution >= 4 is 10.0 Å². The van der Waals surface area contributed by atoms with Crippen molar-refractivity contribution in [1.29, 1.82) is 0 Å². The number of unbranched alkanes of at least 4 members (excludes halogenated alkanes) is 1. The van der Waals surface area contributed by atoms with Crippen LogP contribution in [-0.4, -0.2) is 42.6 Å². The van der Waals surface area contributed by atoms with Crippen molar-refractivity contribution in [3.63, 3.8) is 0 Å². The molecule has 0 aromatic carbocycles. The summed E-state index contributed by atoms with van der Waals surface area (Å²) in [7, 11) is -3.13. The molecule has 1 N–H and O–H groups in total. The minimum atomic E-state index is -3.13. The Morgan fingerprint density at radius 3 is 2.03 bits per heavy atom. The summed E-state index contributed by atoms with van der Waals surface area (Å²) < 4.78 is 25.2. The predicted octanol–water partition coefficient (Wildman–Crippen LogP) is 3.69. The van der Waals surface area contributed by atoms with Gasteiger partial charge in [-0.05, 0) is 75.8 Å². The Labute approximate surface area is 174 Å². The molecule has 0 unspecified atom stereocenters. The molecule has 0 aliphatic carbocycles. The van der Waals surface area contributed by atoms with E-state index in [0.29, 0.717) is 6.54 Å². The molecular formula is C22H32N4O2S. The van der Waals surface area contributed by atoms with Crippen LogP contribution in [-0.2, 0) is 10.0 Å². The SMILES string of the molecule is Cc1cccnc1[C@H]1CCC[C@@H](c2ncccc2C)N1CCCCNS(C)(=O)=O. The Hall–Kier alpha value is -1.83. The summed E-state index contributed by atoms with van der Waals surface area (Å²) >= 11 is 0. The highest BCUT2D eigenvalue weighted by molar-refractivity contribution is 7.88. The number of rotatable bonds is 8. The van der Waals surface area contributed by atoms with Gasteiger partial charge in [-0.3, -0.25) is 14.9 Å². The molecule has 0 radical (unpaired) electrons. The van der Waals surface area contributed by atoms with Gasteiger partial charge in [0.15, 0.2) is 0 Å². The van der Waals surface area contributed by atoms with Gasteiger partial charge < -0.3 is 0 Å². The molecule has 0 amide bonds. The van der Waals surface area contributed by atoms with Gasteiger partial charge in [-0.25, -0.2) is 13.1 Å². The summed E-state index contributed by atoms with van der Waals surface area (Å²) in [6.45, 7) is 5.64. The number of aryl methyl sites for hydroxylation is 2. The number of pyridine rings is 2. The van der Waals surface area contributed by atoms with Crippen molar-refractivity contribution in [2.24, 2.45) is 0 Å². The molecule has 0 saturated carbocycles. The fourth-order valence-corrected chi connectivity index (χ4v) is 4.84. The van der Waals surface area contributed by atoms with Crippen LogP contribution >= 0.6 is 0 Å². The number of hydrogen-bond acceptors (Lipinski definition) is 5. The number of hydrogen-bond donors (Lipinski definition) is 1. The molecule has 1 aliphatic heterocycles. The Kier molecular flexibility index (Phi) is 7.38. The van der Waals surface area contributed by atoms with Crippen LogP contribution < -0.4 is 4.72 Å². The molecule has 29 heavy (non-hydrogen) atoms. The zero-order valence-electron chi connectivity index (χ0n) is 17.6. The standard InChI is InChI=1S/C22H32N4O2S/c1-17-9-7-13-23-21(17)19-11-6-12-20(22-18(2)10-8-14-24-22)26(19)16-5-4-15-25-29(3,27)28/h7-10,13-14,19-20,25H,4-6,11-12,15-16H2,1-3H3/t19-,20+. The maximum absolute atomic E-state index is 11.3. The average Bonchev–Trinajstić information content (AvgIpc) is 2.68. The number of sulfonamides is 1. The Morgan fingerprint density at radius 1 is 1.00 bits per heavy atom. The maximum Gasteiger partial charge on any atom is 0.208 e. The van der Waals surface area contributed by atoms with E-state index >= 15 is 0 Å². The first-order valence-electron chi connectivity index (χ1n) is 10.4. The molecule has 3 heterocycles. The van der Waals surface area contributed by atoms with Gasteiger partial charge in [-0.15, -0.1) is 0 Å². The van der Waals surface area contributed by atoms with Crippen LogP contribution in [0.4, 0.5) is 0 Å². The summed E-state index contributed by atoms with van der Waals surface area (Å²) in [5, 5.41) is 0. The molecular weight excluding hydrogens is 384 g/mol. The molecule has 1 fully saturated rings. The Morgan fingerprint density at radius 2 is 1.55 bits per heavy atom. The van der Waals surface area contributed by atoms with E-state index in [0.717, 1.165) is 50.0 Å². The van der Waals surface area contributed by atoms with E-state index in [1.54, 1.807) is 0 Å². The molecule has 2 aromatic rings. The van der Waals surface area contributed by atoms with Gasteiger partial charge in [-0.1, -0.05) is 12.1 Å². The van der Waals surface area contributed by atoms with Crippen molar-refractivity contribution < 1.29 is 8.42 Å². The van der Waals surface area contributed by atoms with Crippen LogP contribution in [0.15, 0.2) is 36.7 Å². The third kappa shape index (κ3) is 5.84. The van der Waals surface area contributed by atoms with E-state index in [1.165, 1.54) is 17.4 Å². The fraction of sp³-hybridized carbons (Fsp3) is 0.545. The first kappa shape index (κ1) is 21.9. The summed E-state index contributed by atoms with van der Waals surface area (Å²) in [6.07, 6.45) is 10.0. The summed E-state index contributed by atoms with van der Waals surface area (Å²) in [6, 6.07) is 8.77. The fourth-order valence-electron chi connectivity index (χ4n) is 4.32. The van der Waals surface area contributed by atoms with Crippen LogP contribution in [0.3, 0.4) is 0 Å². The topological polar surface area (TPSA) is 75.2 Å². The lowest BCUT2D eigenvalue weighted by Gasteiger charge is -2.42. The normalized spacial score (nSPS) is 20.7. The molecule has 158 valence electrons. The van der Waals surface area contributed by atoms with E-state index in [4.69, 9.17) is 9.97 Å². The average molecular weight is 417 g/mol. The second kappa shape index (κ2) is 9.78. The van der Waals surface area contributed by atoms with Gasteiger partial charge in [0.1, 0.15) is 0 Å². The zero-order valence-corrected chi connectivity index (χ0v) is 18.5. The number of likely N-dealkylation sites (tertiary alicyclic amines) is 1. The van der Waals surface area contributed by atoms with Crippen LogP contribution in [0.25, 0.3) is 0 Å². The van der Waals surface area contributed by atoms with Crippen molar-refractivity contribution in [3.05, 3.63) is 59.2 Å². The minimum absolute atomic E-state index is 0.263. The lowest BCUT2D eigenvalue weighted by Crippen LogP contribution is -2.38. The molecule has 2 aromatic heterocycles. The summed E-state index contributed by atoms with van der Waals surface area (Å²) in [5.41, 5.74) is 4.75. The van der Waals surface area contributed by atoms with E-state index in [-0.39, 0.29) is 12.1 Å². The molecule has 1 saturated heterocycles. The lowest BCUT2D eigenvalue weighted by molar-refractivity contribution is 0.0744. The van der Waals surface area contributed by atoms with Crippen molar-refractivity contribution in [2.75, 3.05) is 19.3 Å². The first-order chi connectivity index (χ1) is 13.9. The monoisotopic (exact) mass is 416 g/mol. The first-order valence-corrected chi connectivity index (χ1v) is 12.3. The quantitative estimate of drug-likeness (QED) is 0.664. The Bertz CT molecular complexity index is 863. The predicted molar refractivity (Wildman–Crippen MR) is 116 cm³/mol. The van der Waals surface area contributed by atoms with E-state index < -0.39 is 10.0 Å². The van der Waals surface area contributed by atoms with Gasteiger partial charge in [0.05, 0.1) is 29.7 Å². The highest BCUT2D eigenvalue weighted by atomic mass is 32.2. The van der Waals surface area contributed by atoms with E-state index in [2.05, 4.69) is 35.6 Å². The van der Waals surface area contributed by atoms with Crippen molar-refractivity contribution in [3.8, 4) is 0 Å². The van der Waals surface area contributed by atoms with Gasteiger partial charge in [-0.2, -0.15) is 0 Å². The maximum atomic E-state index is 11.3. The summed E-state index contributed by atoms with van der Waals surface area (Å²) in [5.74, 6) is 0. The van der Waals surface area contributed by atoms with Crippen LogP contribution in [0, 0.1) is 13.8 Å². The van der Waals surface area contributed by atoms with E-state index in [9.17, 15) is 8.42 Å². The second-order valence-electron chi connectivity index (χ2n) is 7.99. The molecule has 2 atom stereocenters. The molecule has 0 bridgehead atoms.